The second-order valence-corrected chi connectivity index (χ2v) is 8.28. The Bertz CT molecular complexity index is 1190. The van der Waals surface area contributed by atoms with E-state index in [0.717, 1.165) is 36.2 Å². The number of hydrogen-bond acceptors (Lipinski definition) is 5. The van der Waals surface area contributed by atoms with Crippen LogP contribution in [0.25, 0.3) is 11.3 Å². The maximum Gasteiger partial charge on any atom is 0.255 e. The van der Waals surface area contributed by atoms with Crippen LogP contribution in [0.2, 0.25) is 0 Å². The van der Waals surface area contributed by atoms with Crippen molar-refractivity contribution in [3.8, 4) is 22.8 Å². The first kappa shape index (κ1) is 21.1. The number of benzene rings is 2. The third kappa shape index (κ3) is 4.41. The summed E-state index contributed by atoms with van der Waals surface area (Å²) in [6.45, 7) is 2.36. The first-order chi connectivity index (χ1) is 16.1. The van der Waals surface area contributed by atoms with Crippen LogP contribution in [-0.2, 0) is 18.4 Å². The molecule has 3 heterocycles. The summed E-state index contributed by atoms with van der Waals surface area (Å²) in [6, 6.07) is 13.4. The van der Waals surface area contributed by atoms with Crippen LogP contribution >= 0.6 is 0 Å². The van der Waals surface area contributed by atoms with Crippen molar-refractivity contribution in [3.63, 3.8) is 0 Å². The Labute approximate surface area is 192 Å². The van der Waals surface area contributed by atoms with Crippen LogP contribution in [0.15, 0.2) is 48.7 Å². The van der Waals surface area contributed by atoms with Crippen molar-refractivity contribution in [2.45, 2.75) is 25.8 Å². The zero-order valence-electron chi connectivity index (χ0n) is 18.5. The number of hydrogen-bond donors (Lipinski definition) is 1. The summed E-state index contributed by atoms with van der Waals surface area (Å²) in [7, 11) is 1.79. The highest BCUT2D eigenvalue weighted by Gasteiger charge is 2.22. The summed E-state index contributed by atoms with van der Waals surface area (Å²) in [5.74, 6) is 1.33. The van der Waals surface area contributed by atoms with Gasteiger partial charge in [-0.05, 0) is 42.3 Å². The molecule has 0 saturated carbocycles. The molecule has 3 aromatic rings. The van der Waals surface area contributed by atoms with Crippen LogP contribution in [0, 0.1) is 0 Å². The number of aromatic nitrogens is 2. The van der Waals surface area contributed by atoms with Crippen molar-refractivity contribution in [1.29, 1.82) is 0 Å². The van der Waals surface area contributed by atoms with E-state index >= 15 is 0 Å². The zero-order chi connectivity index (χ0) is 22.8. The standard InChI is InChI=1S/C25H26N4O4/c1-28-16-20(24(27-28)18-7-10-21-22(14-18)33-13-3-12-32-21)25(31)26-15-17-5-8-19(9-6-17)29-11-2-4-23(29)30/h5-10,14,16H,2-4,11-13,15H2,1H3,(H,26,31). The van der Waals surface area contributed by atoms with Crippen LogP contribution in [0.5, 0.6) is 11.5 Å². The van der Waals surface area contributed by atoms with Crippen LogP contribution in [0.4, 0.5) is 5.69 Å². The number of anilines is 1. The second-order valence-electron chi connectivity index (χ2n) is 8.28. The van der Waals surface area contributed by atoms with E-state index in [1.54, 1.807) is 22.8 Å². The monoisotopic (exact) mass is 446 g/mol. The molecule has 8 nitrogen and oxygen atoms in total. The van der Waals surface area contributed by atoms with Gasteiger partial charge in [-0.15, -0.1) is 0 Å². The maximum atomic E-state index is 13.0. The van der Waals surface area contributed by atoms with Gasteiger partial charge in [0.05, 0.1) is 18.8 Å². The molecule has 2 aliphatic rings. The van der Waals surface area contributed by atoms with E-state index in [2.05, 4.69) is 10.4 Å². The van der Waals surface area contributed by atoms with Crippen LogP contribution in [0.1, 0.15) is 35.2 Å². The van der Waals surface area contributed by atoms with E-state index in [4.69, 9.17) is 9.47 Å². The molecule has 0 unspecified atom stereocenters. The number of rotatable bonds is 5. The Kier molecular flexibility index (Phi) is 5.73. The normalized spacial score (nSPS) is 15.4. The fourth-order valence-corrected chi connectivity index (χ4v) is 4.17. The van der Waals surface area contributed by atoms with Crippen molar-refractivity contribution in [3.05, 3.63) is 59.8 Å². The van der Waals surface area contributed by atoms with E-state index in [1.165, 1.54) is 0 Å². The average molecular weight is 447 g/mol. The summed E-state index contributed by atoms with van der Waals surface area (Å²) in [5.41, 5.74) is 3.74. The largest absolute Gasteiger partial charge is 0.490 e. The van der Waals surface area contributed by atoms with Crippen molar-refractivity contribution in [2.24, 2.45) is 7.05 Å². The molecular weight excluding hydrogens is 420 g/mol. The molecule has 1 aromatic heterocycles. The average Bonchev–Trinajstić information content (AvgIpc) is 3.35. The Morgan fingerprint density at radius 2 is 1.85 bits per heavy atom. The molecular formula is C25H26N4O4. The minimum Gasteiger partial charge on any atom is -0.490 e. The highest BCUT2D eigenvalue weighted by Crippen LogP contribution is 2.34. The summed E-state index contributed by atoms with van der Waals surface area (Å²) in [6.07, 6.45) is 4.05. The highest BCUT2D eigenvalue weighted by atomic mass is 16.5. The van der Waals surface area contributed by atoms with Gasteiger partial charge in [-0.2, -0.15) is 5.10 Å². The Morgan fingerprint density at radius 3 is 2.61 bits per heavy atom. The molecule has 5 rings (SSSR count). The summed E-state index contributed by atoms with van der Waals surface area (Å²) < 4.78 is 13.1. The van der Waals surface area contributed by atoms with Crippen molar-refractivity contribution >= 4 is 17.5 Å². The van der Waals surface area contributed by atoms with Gasteiger partial charge in [0.25, 0.3) is 5.91 Å². The number of carbonyl (C=O) groups excluding carboxylic acids is 2. The summed E-state index contributed by atoms with van der Waals surface area (Å²) in [4.78, 5) is 26.7. The minimum atomic E-state index is -0.205. The lowest BCUT2D eigenvalue weighted by Crippen LogP contribution is -2.24. The molecule has 0 atom stereocenters. The van der Waals surface area contributed by atoms with E-state index in [-0.39, 0.29) is 11.8 Å². The number of carbonyl (C=O) groups is 2. The molecule has 33 heavy (non-hydrogen) atoms. The van der Waals surface area contributed by atoms with Crippen molar-refractivity contribution in [2.75, 3.05) is 24.7 Å². The van der Waals surface area contributed by atoms with E-state index < -0.39 is 0 Å². The van der Waals surface area contributed by atoms with Gasteiger partial charge < -0.3 is 19.7 Å². The van der Waals surface area contributed by atoms with Gasteiger partial charge in [0.2, 0.25) is 5.91 Å². The van der Waals surface area contributed by atoms with Gasteiger partial charge in [0.15, 0.2) is 11.5 Å². The highest BCUT2D eigenvalue weighted by molar-refractivity contribution is 6.00. The lowest BCUT2D eigenvalue weighted by molar-refractivity contribution is -0.117. The molecule has 2 aromatic carbocycles. The van der Waals surface area contributed by atoms with Gasteiger partial charge in [0.1, 0.15) is 5.69 Å². The second kappa shape index (κ2) is 8.97. The number of nitrogens with zero attached hydrogens (tertiary/aromatic N) is 3. The van der Waals surface area contributed by atoms with Crippen LogP contribution < -0.4 is 19.7 Å². The molecule has 0 aliphatic carbocycles. The molecule has 1 saturated heterocycles. The Hall–Kier alpha value is -3.81. The molecule has 1 fully saturated rings. The topological polar surface area (TPSA) is 85.7 Å². The van der Waals surface area contributed by atoms with Gasteiger partial charge in [0, 0.05) is 50.4 Å². The predicted molar refractivity (Wildman–Crippen MR) is 123 cm³/mol. The van der Waals surface area contributed by atoms with Gasteiger partial charge in [-0.25, -0.2) is 0 Å². The predicted octanol–water partition coefficient (Wildman–Crippen LogP) is 3.31. The number of ether oxygens (including phenoxy) is 2. The first-order valence-corrected chi connectivity index (χ1v) is 11.2. The zero-order valence-corrected chi connectivity index (χ0v) is 18.5. The number of aryl methyl sites for hydroxylation is 1. The number of nitrogens with one attached hydrogen (secondary N) is 1. The van der Waals surface area contributed by atoms with Gasteiger partial charge in [-0.1, -0.05) is 12.1 Å². The van der Waals surface area contributed by atoms with E-state index in [1.807, 2.05) is 42.5 Å². The van der Waals surface area contributed by atoms with Gasteiger partial charge in [-0.3, -0.25) is 14.3 Å². The van der Waals surface area contributed by atoms with Crippen LogP contribution in [0.3, 0.4) is 0 Å². The quantitative estimate of drug-likeness (QED) is 0.650. The Morgan fingerprint density at radius 1 is 1.06 bits per heavy atom. The molecule has 170 valence electrons. The van der Waals surface area contributed by atoms with Crippen molar-refractivity contribution in [1.82, 2.24) is 15.1 Å². The van der Waals surface area contributed by atoms with E-state index in [9.17, 15) is 9.59 Å². The third-order valence-electron chi connectivity index (χ3n) is 5.87. The SMILES string of the molecule is Cn1cc(C(=O)NCc2ccc(N3CCCC3=O)cc2)c(-c2ccc3c(c2)OCCCO3)n1. The lowest BCUT2D eigenvalue weighted by atomic mass is 10.1. The van der Waals surface area contributed by atoms with Gasteiger partial charge >= 0.3 is 0 Å². The molecule has 1 N–H and O–H groups in total. The minimum absolute atomic E-state index is 0.162. The summed E-state index contributed by atoms with van der Waals surface area (Å²) >= 11 is 0. The third-order valence-corrected chi connectivity index (χ3v) is 5.87. The molecule has 2 aliphatic heterocycles. The van der Waals surface area contributed by atoms with Crippen molar-refractivity contribution < 1.29 is 19.1 Å². The first-order valence-electron chi connectivity index (χ1n) is 11.2. The number of amides is 2. The lowest BCUT2D eigenvalue weighted by Gasteiger charge is -2.16. The smallest absolute Gasteiger partial charge is 0.255 e. The Balaban J connectivity index is 1.30. The molecule has 2 amide bonds. The van der Waals surface area contributed by atoms with E-state index in [0.29, 0.717) is 48.9 Å². The molecule has 0 spiro atoms. The number of fused-ring (bicyclic) bond motifs is 1. The van der Waals surface area contributed by atoms with Crippen LogP contribution in [-0.4, -0.2) is 41.4 Å². The molecule has 0 radical (unpaired) electrons. The fraction of sp³-hybridized carbons (Fsp3) is 0.320. The molecule has 0 bridgehead atoms. The molecule has 8 heteroatoms. The fourth-order valence-electron chi connectivity index (χ4n) is 4.17. The maximum absolute atomic E-state index is 13.0. The summed E-state index contributed by atoms with van der Waals surface area (Å²) in [5, 5.41) is 7.49.